The first kappa shape index (κ1) is 9.20. The molecule has 1 heterocycles. The number of Topliss-reactive ketones (excluding diaryl/α,β-unsaturated/α-hetero) is 1. The van der Waals surface area contributed by atoms with E-state index in [1.165, 1.54) is 32.1 Å². The van der Waals surface area contributed by atoms with Crippen molar-refractivity contribution in [3.8, 4) is 0 Å². The van der Waals surface area contributed by atoms with E-state index in [4.69, 9.17) is 0 Å². The Morgan fingerprint density at radius 2 is 2.00 bits per heavy atom. The van der Waals surface area contributed by atoms with Gasteiger partial charge in [0.1, 0.15) is 5.78 Å². The maximum Gasteiger partial charge on any atom is 0.150 e. The molecule has 0 radical (unpaired) electrons. The first-order valence-corrected chi connectivity index (χ1v) is 5.62. The van der Waals surface area contributed by atoms with Gasteiger partial charge in [-0.1, -0.05) is 12.8 Å². The van der Waals surface area contributed by atoms with Crippen molar-refractivity contribution >= 4 is 5.78 Å². The lowest BCUT2D eigenvalue weighted by Gasteiger charge is -2.13. The molecule has 74 valence electrons. The van der Waals surface area contributed by atoms with Crippen LogP contribution in [0.1, 0.15) is 44.9 Å². The Kier molecular flexibility index (Phi) is 2.99. The average Bonchev–Trinajstić information content (AvgIpc) is 2.87. The molecular weight excluding hydrogens is 162 g/mol. The van der Waals surface area contributed by atoms with Gasteiger partial charge in [0.05, 0.1) is 6.04 Å². The summed E-state index contributed by atoms with van der Waals surface area (Å²) in [6, 6.07) is 0.197. The van der Waals surface area contributed by atoms with Gasteiger partial charge in [0.2, 0.25) is 0 Å². The Morgan fingerprint density at radius 3 is 2.77 bits per heavy atom. The maximum atomic E-state index is 11.7. The molecule has 13 heavy (non-hydrogen) atoms. The number of rotatable bonds is 3. The van der Waals surface area contributed by atoms with Crippen LogP contribution in [0.4, 0.5) is 0 Å². The molecule has 1 aliphatic carbocycles. The maximum absolute atomic E-state index is 11.7. The third-order valence-electron chi connectivity index (χ3n) is 3.14. The van der Waals surface area contributed by atoms with Crippen LogP contribution in [-0.2, 0) is 4.79 Å². The summed E-state index contributed by atoms with van der Waals surface area (Å²) in [5.74, 6) is 1.22. The van der Waals surface area contributed by atoms with E-state index in [9.17, 15) is 4.79 Å². The molecule has 0 amide bonds. The van der Waals surface area contributed by atoms with Gasteiger partial charge >= 0.3 is 0 Å². The number of carbonyl (C=O) groups is 1. The lowest BCUT2D eigenvalue weighted by atomic mass is 10.0. The summed E-state index contributed by atoms with van der Waals surface area (Å²) in [6.07, 6.45) is 8.27. The Morgan fingerprint density at radius 1 is 1.15 bits per heavy atom. The normalized spacial score (nSPS) is 29.7. The van der Waals surface area contributed by atoms with Crippen molar-refractivity contribution in [2.45, 2.75) is 51.0 Å². The van der Waals surface area contributed by atoms with Crippen molar-refractivity contribution in [1.82, 2.24) is 5.32 Å². The van der Waals surface area contributed by atoms with E-state index in [1.54, 1.807) is 0 Å². The van der Waals surface area contributed by atoms with Gasteiger partial charge in [-0.05, 0) is 38.1 Å². The summed E-state index contributed by atoms with van der Waals surface area (Å²) in [7, 11) is 0. The zero-order chi connectivity index (χ0) is 9.10. The van der Waals surface area contributed by atoms with E-state index in [-0.39, 0.29) is 6.04 Å². The number of nitrogens with one attached hydrogen (secondary N) is 1. The van der Waals surface area contributed by atoms with Crippen LogP contribution in [0.15, 0.2) is 0 Å². The average molecular weight is 181 g/mol. The highest BCUT2D eigenvalue weighted by Crippen LogP contribution is 2.33. The Labute approximate surface area is 80.1 Å². The van der Waals surface area contributed by atoms with Crippen LogP contribution < -0.4 is 5.32 Å². The molecule has 0 aromatic carbocycles. The van der Waals surface area contributed by atoms with Gasteiger partial charge in [-0.15, -0.1) is 0 Å². The monoisotopic (exact) mass is 181 g/mol. The Balaban J connectivity index is 1.78. The molecule has 1 saturated carbocycles. The fourth-order valence-corrected chi connectivity index (χ4v) is 2.05. The van der Waals surface area contributed by atoms with Gasteiger partial charge in [-0.2, -0.15) is 0 Å². The minimum absolute atomic E-state index is 0.197. The van der Waals surface area contributed by atoms with Crippen LogP contribution in [0.25, 0.3) is 0 Å². The van der Waals surface area contributed by atoms with Gasteiger partial charge in [0, 0.05) is 6.42 Å². The smallest absolute Gasteiger partial charge is 0.150 e. The van der Waals surface area contributed by atoms with Crippen molar-refractivity contribution in [1.29, 1.82) is 0 Å². The predicted octanol–water partition coefficient (Wildman–Crippen LogP) is 1.89. The molecule has 2 rings (SSSR count). The molecule has 1 aliphatic heterocycles. The van der Waals surface area contributed by atoms with Crippen LogP contribution in [0.3, 0.4) is 0 Å². The van der Waals surface area contributed by atoms with E-state index in [0.717, 1.165) is 25.3 Å². The second-order valence-corrected chi connectivity index (χ2v) is 4.47. The molecule has 0 aromatic heterocycles. The van der Waals surface area contributed by atoms with Crippen molar-refractivity contribution in [2.75, 3.05) is 6.54 Å². The first-order valence-electron chi connectivity index (χ1n) is 5.62. The van der Waals surface area contributed by atoms with Gasteiger partial charge in [-0.25, -0.2) is 0 Å². The predicted molar refractivity (Wildman–Crippen MR) is 52.6 cm³/mol. The summed E-state index contributed by atoms with van der Waals surface area (Å²) in [6.45, 7) is 1.04. The van der Waals surface area contributed by atoms with E-state index in [0.29, 0.717) is 5.78 Å². The van der Waals surface area contributed by atoms with Crippen LogP contribution in [0.5, 0.6) is 0 Å². The number of hydrogen-bond donors (Lipinski definition) is 1. The molecule has 1 atom stereocenters. The van der Waals surface area contributed by atoms with Gasteiger partial charge < -0.3 is 5.32 Å². The molecule has 0 aromatic rings. The number of ketones is 1. The summed E-state index contributed by atoms with van der Waals surface area (Å²) < 4.78 is 0. The summed E-state index contributed by atoms with van der Waals surface area (Å²) in [5, 5.41) is 3.36. The largest absolute Gasteiger partial charge is 0.307 e. The molecular formula is C11H19NO. The summed E-state index contributed by atoms with van der Waals surface area (Å²) >= 11 is 0. The molecule has 0 spiro atoms. The molecule has 0 bridgehead atoms. The van der Waals surface area contributed by atoms with E-state index in [1.807, 2.05) is 0 Å². The molecule has 2 heteroatoms. The van der Waals surface area contributed by atoms with Crippen LogP contribution in [0.2, 0.25) is 0 Å². The van der Waals surface area contributed by atoms with E-state index >= 15 is 0 Å². The zero-order valence-electron chi connectivity index (χ0n) is 8.22. The highest BCUT2D eigenvalue weighted by molar-refractivity contribution is 5.84. The lowest BCUT2D eigenvalue weighted by molar-refractivity contribution is -0.121. The Hall–Kier alpha value is -0.370. The van der Waals surface area contributed by atoms with Crippen molar-refractivity contribution in [2.24, 2.45) is 5.92 Å². The number of hydrogen-bond acceptors (Lipinski definition) is 2. The lowest BCUT2D eigenvalue weighted by Crippen LogP contribution is -2.36. The summed E-state index contributed by atoms with van der Waals surface area (Å²) in [5.41, 5.74) is 0. The fourth-order valence-electron chi connectivity index (χ4n) is 2.05. The SMILES string of the molecule is O=C(CC1CC1)C1CCCCCN1. The highest BCUT2D eigenvalue weighted by Gasteiger charge is 2.28. The highest BCUT2D eigenvalue weighted by atomic mass is 16.1. The minimum Gasteiger partial charge on any atom is -0.307 e. The minimum atomic E-state index is 0.197. The molecule has 1 unspecified atom stereocenters. The number of carbonyl (C=O) groups excluding carboxylic acids is 1. The molecule has 2 nitrogen and oxygen atoms in total. The molecule has 2 aliphatic rings. The van der Waals surface area contributed by atoms with Crippen LogP contribution in [-0.4, -0.2) is 18.4 Å². The topological polar surface area (TPSA) is 29.1 Å². The molecule has 1 N–H and O–H groups in total. The molecule has 1 saturated heterocycles. The van der Waals surface area contributed by atoms with Crippen molar-refractivity contribution in [3.63, 3.8) is 0 Å². The van der Waals surface area contributed by atoms with Crippen molar-refractivity contribution < 1.29 is 4.79 Å². The quantitative estimate of drug-likeness (QED) is 0.720. The Bertz CT molecular complexity index is 179. The van der Waals surface area contributed by atoms with Gasteiger partial charge in [0.15, 0.2) is 0 Å². The third-order valence-corrected chi connectivity index (χ3v) is 3.14. The van der Waals surface area contributed by atoms with Crippen LogP contribution >= 0.6 is 0 Å². The van der Waals surface area contributed by atoms with Crippen LogP contribution in [0, 0.1) is 5.92 Å². The first-order chi connectivity index (χ1) is 6.36. The third kappa shape index (κ3) is 2.80. The van der Waals surface area contributed by atoms with Crippen molar-refractivity contribution in [3.05, 3.63) is 0 Å². The zero-order valence-corrected chi connectivity index (χ0v) is 8.22. The van der Waals surface area contributed by atoms with E-state index < -0.39 is 0 Å². The summed E-state index contributed by atoms with van der Waals surface area (Å²) in [4.78, 5) is 11.7. The second kappa shape index (κ2) is 4.23. The standard InChI is InChI=1S/C11H19NO/c13-11(8-9-5-6-9)10-4-2-1-3-7-12-10/h9-10,12H,1-8H2. The second-order valence-electron chi connectivity index (χ2n) is 4.47. The van der Waals surface area contributed by atoms with Gasteiger partial charge in [-0.3, -0.25) is 4.79 Å². The van der Waals surface area contributed by atoms with E-state index in [2.05, 4.69) is 5.32 Å². The van der Waals surface area contributed by atoms with Gasteiger partial charge in [0.25, 0.3) is 0 Å². The molecule has 2 fully saturated rings. The fraction of sp³-hybridized carbons (Fsp3) is 0.909.